The highest BCUT2D eigenvalue weighted by atomic mass is 35.5. The molecule has 1 rings (SSSR count). The van der Waals surface area contributed by atoms with Crippen LogP contribution >= 0.6 is 11.6 Å². The largest absolute Gasteiger partial charge is 0.294 e. The number of carbonyl (C=O) groups excluding carboxylic acids is 1. The highest BCUT2D eigenvalue weighted by molar-refractivity contribution is 6.30. The van der Waals surface area contributed by atoms with E-state index >= 15 is 0 Å². The van der Waals surface area contributed by atoms with Gasteiger partial charge in [0, 0.05) is 6.42 Å². The summed E-state index contributed by atoms with van der Waals surface area (Å²) in [6.45, 7) is 3.44. The van der Waals surface area contributed by atoms with Crippen molar-refractivity contribution in [2.75, 3.05) is 0 Å². The van der Waals surface area contributed by atoms with Crippen LogP contribution in [-0.2, 0) is 0 Å². The van der Waals surface area contributed by atoms with Crippen LogP contribution in [0.15, 0.2) is 24.8 Å². The molecule has 1 aromatic carbocycles. The van der Waals surface area contributed by atoms with Gasteiger partial charge < -0.3 is 0 Å². The lowest BCUT2D eigenvalue weighted by atomic mass is 10.1. The minimum absolute atomic E-state index is 0.113. The van der Waals surface area contributed by atoms with Gasteiger partial charge in [-0.25, -0.2) is 8.78 Å². The molecule has 4 heteroatoms. The monoisotopic (exact) mass is 230 g/mol. The lowest BCUT2D eigenvalue weighted by Crippen LogP contribution is -2.03. The van der Waals surface area contributed by atoms with E-state index in [1.54, 1.807) is 6.08 Å². The Morgan fingerprint density at radius 1 is 1.40 bits per heavy atom. The lowest BCUT2D eigenvalue weighted by Gasteiger charge is -2.02. The standard InChI is InChI=1S/C11H9ClF2O/c1-2-3-4-11(15)7-5-10(14)8(12)6-9(7)13/h2,5-6H,1,3-4H2. The Bertz CT molecular complexity index is 402. The summed E-state index contributed by atoms with van der Waals surface area (Å²) in [6, 6.07) is 1.63. The first kappa shape index (κ1) is 11.9. The molecule has 15 heavy (non-hydrogen) atoms. The average molecular weight is 231 g/mol. The number of hydrogen-bond donors (Lipinski definition) is 0. The summed E-state index contributed by atoms with van der Waals surface area (Å²) < 4.78 is 26.2. The van der Waals surface area contributed by atoms with Crippen LogP contribution in [0.3, 0.4) is 0 Å². The van der Waals surface area contributed by atoms with Crippen LogP contribution in [0.5, 0.6) is 0 Å². The summed E-state index contributed by atoms with van der Waals surface area (Å²) in [6.07, 6.45) is 2.09. The molecule has 0 aliphatic carbocycles. The van der Waals surface area contributed by atoms with Crippen molar-refractivity contribution in [3.63, 3.8) is 0 Å². The molecule has 0 amide bonds. The first-order valence-corrected chi connectivity index (χ1v) is 4.72. The van der Waals surface area contributed by atoms with Crippen LogP contribution in [0.1, 0.15) is 23.2 Å². The third-order valence-corrected chi connectivity index (χ3v) is 2.18. The zero-order chi connectivity index (χ0) is 11.4. The van der Waals surface area contributed by atoms with E-state index in [2.05, 4.69) is 6.58 Å². The molecule has 0 N–H and O–H groups in total. The van der Waals surface area contributed by atoms with Crippen LogP contribution in [0.4, 0.5) is 8.78 Å². The molecule has 0 aliphatic heterocycles. The maximum atomic E-state index is 13.2. The number of benzene rings is 1. The van der Waals surface area contributed by atoms with Crippen LogP contribution in [0.2, 0.25) is 5.02 Å². The van der Waals surface area contributed by atoms with Crippen molar-refractivity contribution in [2.45, 2.75) is 12.8 Å². The fraction of sp³-hybridized carbons (Fsp3) is 0.182. The second-order valence-corrected chi connectivity index (χ2v) is 3.40. The molecule has 1 aromatic rings. The Balaban J connectivity index is 2.98. The predicted molar refractivity (Wildman–Crippen MR) is 55.1 cm³/mol. The van der Waals surface area contributed by atoms with Gasteiger partial charge in [-0.15, -0.1) is 6.58 Å². The molecule has 0 bridgehead atoms. The van der Waals surface area contributed by atoms with Gasteiger partial charge in [0.1, 0.15) is 11.6 Å². The van der Waals surface area contributed by atoms with Gasteiger partial charge in [0.25, 0.3) is 0 Å². The zero-order valence-corrected chi connectivity index (χ0v) is 8.65. The van der Waals surface area contributed by atoms with E-state index in [4.69, 9.17) is 11.6 Å². The van der Waals surface area contributed by atoms with Crippen LogP contribution in [-0.4, -0.2) is 5.78 Å². The summed E-state index contributed by atoms with van der Waals surface area (Å²) >= 11 is 5.35. The minimum atomic E-state index is -0.796. The predicted octanol–water partition coefficient (Wildman–Crippen LogP) is 3.77. The molecule has 0 aromatic heterocycles. The summed E-state index contributed by atoms with van der Waals surface area (Å²) in [4.78, 5) is 11.4. The summed E-state index contributed by atoms with van der Waals surface area (Å²) in [5.74, 6) is -2.04. The minimum Gasteiger partial charge on any atom is -0.294 e. The van der Waals surface area contributed by atoms with Gasteiger partial charge in [-0.1, -0.05) is 17.7 Å². The number of hydrogen-bond acceptors (Lipinski definition) is 1. The molecule has 0 saturated carbocycles. The quantitative estimate of drug-likeness (QED) is 0.437. The molecule has 0 aliphatic rings. The molecule has 0 radical (unpaired) electrons. The highest BCUT2D eigenvalue weighted by Gasteiger charge is 2.14. The molecule has 0 unspecified atom stereocenters. The first-order valence-electron chi connectivity index (χ1n) is 4.35. The first-order chi connectivity index (χ1) is 7.06. The Morgan fingerprint density at radius 3 is 2.67 bits per heavy atom. The Hall–Kier alpha value is -1.22. The molecule has 0 heterocycles. The van der Waals surface area contributed by atoms with Crippen molar-refractivity contribution in [2.24, 2.45) is 0 Å². The van der Waals surface area contributed by atoms with Gasteiger partial charge in [0.05, 0.1) is 10.6 Å². The van der Waals surface area contributed by atoms with Crippen molar-refractivity contribution in [1.82, 2.24) is 0 Å². The van der Waals surface area contributed by atoms with Crippen molar-refractivity contribution in [3.05, 3.63) is 47.0 Å². The second kappa shape index (κ2) is 5.03. The Kier molecular flexibility index (Phi) is 3.97. The third kappa shape index (κ3) is 2.86. The topological polar surface area (TPSA) is 17.1 Å². The van der Waals surface area contributed by atoms with Gasteiger partial charge in [-0.2, -0.15) is 0 Å². The van der Waals surface area contributed by atoms with E-state index in [-0.39, 0.29) is 17.0 Å². The third-order valence-electron chi connectivity index (χ3n) is 1.89. The number of carbonyl (C=O) groups is 1. The maximum absolute atomic E-state index is 13.2. The van der Waals surface area contributed by atoms with Crippen LogP contribution < -0.4 is 0 Å². The Morgan fingerprint density at radius 2 is 2.07 bits per heavy atom. The van der Waals surface area contributed by atoms with Gasteiger partial charge in [-0.05, 0) is 18.6 Å². The summed E-state index contributed by atoms with van der Waals surface area (Å²) in [7, 11) is 0. The van der Waals surface area contributed by atoms with Crippen LogP contribution in [0, 0.1) is 11.6 Å². The number of rotatable bonds is 4. The van der Waals surface area contributed by atoms with E-state index in [0.29, 0.717) is 6.42 Å². The van der Waals surface area contributed by atoms with Crippen molar-refractivity contribution in [3.8, 4) is 0 Å². The summed E-state index contributed by atoms with van der Waals surface area (Å²) in [5, 5.41) is -0.326. The molecule has 0 fully saturated rings. The average Bonchev–Trinajstić information content (AvgIpc) is 2.20. The van der Waals surface area contributed by atoms with E-state index in [9.17, 15) is 13.6 Å². The van der Waals surface area contributed by atoms with Gasteiger partial charge in [0.15, 0.2) is 5.78 Å². The molecular formula is C11H9ClF2O. The SMILES string of the molecule is C=CCCC(=O)c1cc(F)c(Cl)cc1F. The molecule has 0 atom stereocenters. The smallest absolute Gasteiger partial charge is 0.166 e. The maximum Gasteiger partial charge on any atom is 0.166 e. The van der Waals surface area contributed by atoms with Gasteiger partial charge in [-0.3, -0.25) is 4.79 Å². The molecule has 80 valence electrons. The molecule has 0 spiro atoms. The summed E-state index contributed by atoms with van der Waals surface area (Å²) in [5.41, 5.74) is -0.265. The van der Waals surface area contributed by atoms with Gasteiger partial charge >= 0.3 is 0 Å². The van der Waals surface area contributed by atoms with E-state index in [1.165, 1.54) is 0 Å². The highest BCUT2D eigenvalue weighted by Crippen LogP contribution is 2.20. The van der Waals surface area contributed by atoms with E-state index < -0.39 is 17.4 Å². The normalized spacial score (nSPS) is 10.1. The van der Waals surface area contributed by atoms with Gasteiger partial charge in [0.2, 0.25) is 0 Å². The fourth-order valence-corrected chi connectivity index (χ4v) is 1.25. The van der Waals surface area contributed by atoms with E-state index in [0.717, 1.165) is 12.1 Å². The zero-order valence-electron chi connectivity index (χ0n) is 7.90. The van der Waals surface area contributed by atoms with Crippen LogP contribution in [0.25, 0.3) is 0 Å². The number of Topliss-reactive ketones (excluding diaryl/α,β-unsaturated/α-hetero) is 1. The Labute approximate surface area is 91.4 Å². The molecule has 0 saturated heterocycles. The molecule has 1 nitrogen and oxygen atoms in total. The number of allylic oxidation sites excluding steroid dienone is 1. The number of halogens is 3. The van der Waals surface area contributed by atoms with Crippen molar-refractivity contribution < 1.29 is 13.6 Å². The number of ketones is 1. The molecular weight excluding hydrogens is 222 g/mol. The second-order valence-electron chi connectivity index (χ2n) is 3.00. The van der Waals surface area contributed by atoms with Crippen molar-refractivity contribution >= 4 is 17.4 Å². The van der Waals surface area contributed by atoms with Crippen molar-refractivity contribution in [1.29, 1.82) is 0 Å². The lowest BCUT2D eigenvalue weighted by molar-refractivity contribution is 0.0979. The van der Waals surface area contributed by atoms with E-state index in [1.807, 2.05) is 0 Å². The fourth-order valence-electron chi connectivity index (χ4n) is 1.10.